The Balaban J connectivity index is 1.84. The molecule has 3 N–H and O–H groups in total. The summed E-state index contributed by atoms with van der Waals surface area (Å²) in [5, 5.41) is 9.45. The summed E-state index contributed by atoms with van der Waals surface area (Å²) in [7, 11) is 3.98. The predicted octanol–water partition coefficient (Wildman–Crippen LogP) is 5.64. The maximum absolute atomic E-state index is 13.7. The van der Waals surface area contributed by atoms with E-state index in [9.17, 15) is 9.59 Å². The first-order valence-electron chi connectivity index (χ1n) is 15.4. The van der Waals surface area contributed by atoms with Crippen molar-refractivity contribution in [3.8, 4) is 11.8 Å². The molecular weight excluding hydrogens is 538 g/mol. The molecule has 1 aliphatic carbocycles. The summed E-state index contributed by atoms with van der Waals surface area (Å²) < 4.78 is 5.46. The number of carbonyl (C=O) groups excluding carboxylic acids is 2. The molecule has 8 nitrogen and oxygen atoms in total. The molecule has 234 valence electrons. The van der Waals surface area contributed by atoms with Crippen molar-refractivity contribution in [3.05, 3.63) is 64.0 Å². The van der Waals surface area contributed by atoms with Crippen LogP contribution in [0.1, 0.15) is 88.7 Å². The van der Waals surface area contributed by atoms with Crippen LogP contribution in [0.4, 0.5) is 10.5 Å². The van der Waals surface area contributed by atoms with Gasteiger partial charge in [-0.05, 0) is 123 Å². The lowest BCUT2D eigenvalue weighted by atomic mass is 9.89. The number of benzene rings is 1. The molecule has 1 aliphatic heterocycles. The average Bonchev–Trinajstić information content (AvgIpc) is 2.89. The topological polar surface area (TPSA) is 85.9 Å². The second-order valence-corrected chi connectivity index (χ2v) is 12.9. The van der Waals surface area contributed by atoms with E-state index in [2.05, 4.69) is 58.3 Å². The van der Waals surface area contributed by atoms with E-state index >= 15 is 0 Å². The van der Waals surface area contributed by atoms with Gasteiger partial charge >= 0.3 is 6.09 Å². The van der Waals surface area contributed by atoms with E-state index in [-0.39, 0.29) is 18.0 Å². The second kappa shape index (κ2) is 14.7. The van der Waals surface area contributed by atoms with Crippen molar-refractivity contribution in [3.63, 3.8) is 0 Å². The van der Waals surface area contributed by atoms with Gasteiger partial charge < -0.3 is 25.6 Å². The zero-order chi connectivity index (χ0) is 31.9. The van der Waals surface area contributed by atoms with Crippen molar-refractivity contribution in [2.24, 2.45) is 0 Å². The fourth-order valence-corrected chi connectivity index (χ4v) is 5.75. The van der Waals surface area contributed by atoms with E-state index in [1.165, 1.54) is 0 Å². The van der Waals surface area contributed by atoms with Gasteiger partial charge in [0.25, 0.3) is 5.91 Å². The largest absolute Gasteiger partial charge is 0.444 e. The smallest absolute Gasteiger partial charge is 0.407 e. The Morgan fingerprint density at radius 3 is 2.37 bits per heavy atom. The maximum Gasteiger partial charge on any atom is 0.407 e. The van der Waals surface area contributed by atoms with E-state index in [4.69, 9.17) is 4.74 Å². The number of amides is 2. The number of dihydropyridines is 1. The number of hydrogen-bond acceptors (Lipinski definition) is 6. The van der Waals surface area contributed by atoms with Crippen LogP contribution in [-0.4, -0.2) is 68.3 Å². The van der Waals surface area contributed by atoms with Gasteiger partial charge in [0.05, 0.1) is 6.54 Å². The Labute approximate surface area is 259 Å². The number of rotatable bonds is 8. The predicted molar refractivity (Wildman–Crippen MR) is 176 cm³/mol. The molecule has 1 heterocycles. The molecule has 43 heavy (non-hydrogen) atoms. The summed E-state index contributed by atoms with van der Waals surface area (Å²) >= 11 is 0. The zero-order valence-electron chi connectivity index (χ0n) is 27.7. The van der Waals surface area contributed by atoms with Crippen LogP contribution in [0.5, 0.6) is 0 Å². The first kappa shape index (κ1) is 33.8. The number of nitrogens with one attached hydrogen (secondary N) is 3. The summed E-state index contributed by atoms with van der Waals surface area (Å²) in [6.07, 6.45) is 5.31. The molecule has 0 atom stereocenters. The molecule has 0 saturated heterocycles. The van der Waals surface area contributed by atoms with E-state index in [1.54, 1.807) is 0 Å². The van der Waals surface area contributed by atoms with Gasteiger partial charge in [0.2, 0.25) is 0 Å². The van der Waals surface area contributed by atoms with Gasteiger partial charge in [-0.25, -0.2) is 4.79 Å². The van der Waals surface area contributed by atoms with Gasteiger partial charge in [0.1, 0.15) is 5.60 Å². The molecule has 2 aliphatic rings. The Bertz CT molecular complexity index is 1330. The molecule has 1 fully saturated rings. The van der Waals surface area contributed by atoms with Gasteiger partial charge in [-0.1, -0.05) is 18.4 Å². The van der Waals surface area contributed by atoms with Gasteiger partial charge in [-0.3, -0.25) is 9.69 Å². The van der Waals surface area contributed by atoms with E-state index in [0.717, 1.165) is 71.6 Å². The van der Waals surface area contributed by atoms with Gasteiger partial charge in [-0.15, -0.1) is 0 Å². The van der Waals surface area contributed by atoms with Crippen LogP contribution in [0.15, 0.2) is 47.3 Å². The minimum atomic E-state index is -0.518. The van der Waals surface area contributed by atoms with Crippen LogP contribution in [0.2, 0.25) is 0 Å². The van der Waals surface area contributed by atoms with Crippen LogP contribution in [0.25, 0.3) is 0 Å². The molecule has 2 amide bonds. The summed E-state index contributed by atoms with van der Waals surface area (Å²) in [5.74, 6) is 6.39. The quantitative estimate of drug-likeness (QED) is 0.341. The number of alkyl carbamates (subject to hydrolysis) is 1. The molecule has 0 unspecified atom stereocenters. The number of carbonyl (C=O) groups is 2. The van der Waals surface area contributed by atoms with Crippen molar-refractivity contribution in [2.75, 3.05) is 38.6 Å². The Hall–Kier alpha value is -3.70. The van der Waals surface area contributed by atoms with Gasteiger partial charge in [0.15, 0.2) is 0 Å². The molecule has 1 saturated carbocycles. The molecule has 0 aromatic heterocycles. The summed E-state index contributed by atoms with van der Waals surface area (Å²) in [6, 6.07) is 4.42. The third-order valence-electron chi connectivity index (χ3n) is 7.81. The van der Waals surface area contributed by atoms with E-state index in [1.807, 2.05) is 66.6 Å². The standard InChI is InChI=1S/C35H51N5O3/c1-11-40(29-16-14-28(15-17-29)38-34(42)43-35(6,7)8)32-21-27(13-12-18-39(9)10)20-30(25(32)4)33(41)36-22-31-23(2)19-24(3)37-26(31)5/h19-21,28-29,37H,5,11,14-18,22H2,1-4,6-10H3,(H,36,41)(H,38,42). The van der Waals surface area contributed by atoms with Crippen LogP contribution in [0.3, 0.4) is 0 Å². The van der Waals surface area contributed by atoms with Crippen molar-refractivity contribution >= 4 is 17.7 Å². The molecular formula is C35H51N5O3. The maximum atomic E-state index is 13.7. The summed E-state index contributed by atoms with van der Waals surface area (Å²) in [5.41, 5.74) is 6.84. The van der Waals surface area contributed by atoms with Crippen LogP contribution >= 0.6 is 0 Å². The highest BCUT2D eigenvalue weighted by atomic mass is 16.6. The Kier molecular flexibility index (Phi) is 11.5. The molecule has 0 bridgehead atoms. The van der Waals surface area contributed by atoms with Gasteiger partial charge in [-0.2, -0.15) is 0 Å². The molecule has 0 radical (unpaired) electrons. The number of nitrogens with zero attached hydrogens (tertiary/aromatic N) is 2. The van der Waals surface area contributed by atoms with Crippen LogP contribution in [0, 0.1) is 18.8 Å². The van der Waals surface area contributed by atoms with Gasteiger partial charge in [0, 0.05) is 53.4 Å². The third kappa shape index (κ3) is 9.65. The van der Waals surface area contributed by atoms with Crippen molar-refractivity contribution in [2.45, 2.75) is 91.8 Å². The Morgan fingerprint density at radius 2 is 1.79 bits per heavy atom. The molecule has 1 aromatic rings. The highest BCUT2D eigenvalue weighted by molar-refractivity contribution is 5.98. The normalized spacial score (nSPS) is 18.7. The lowest BCUT2D eigenvalue weighted by Gasteiger charge is -2.39. The van der Waals surface area contributed by atoms with Crippen molar-refractivity contribution in [1.29, 1.82) is 0 Å². The number of hydrogen-bond donors (Lipinski definition) is 3. The molecule has 3 rings (SSSR count). The summed E-state index contributed by atoms with van der Waals surface area (Å²) in [4.78, 5) is 30.4. The fraction of sp³-hybridized carbons (Fsp3) is 0.543. The minimum Gasteiger partial charge on any atom is -0.444 e. The molecule has 8 heteroatoms. The SMILES string of the molecule is C=C1NC(C)=CC(C)=C1CNC(=O)c1cc(C#CCN(C)C)cc(N(CC)C2CCC(NC(=O)OC(C)(C)C)CC2)c1C. The zero-order valence-corrected chi connectivity index (χ0v) is 27.7. The average molecular weight is 590 g/mol. The molecule has 0 spiro atoms. The van der Waals surface area contributed by atoms with E-state index in [0.29, 0.717) is 24.7 Å². The Morgan fingerprint density at radius 1 is 1.12 bits per heavy atom. The van der Waals surface area contributed by atoms with E-state index < -0.39 is 5.60 Å². The van der Waals surface area contributed by atoms with Crippen molar-refractivity contribution < 1.29 is 14.3 Å². The first-order valence-corrected chi connectivity index (χ1v) is 15.4. The number of allylic oxidation sites excluding steroid dienone is 3. The second-order valence-electron chi connectivity index (χ2n) is 12.9. The minimum absolute atomic E-state index is 0.0934. The van der Waals surface area contributed by atoms with Crippen molar-refractivity contribution in [1.82, 2.24) is 20.9 Å². The monoisotopic (exact) mass is 589 g/mol. The highest BCUT2D eigenvalue weighted by Crippen LogP contribution is 2.32. The van der Waals surface area contributed by atoms with Crippen LogP contribution in [-0.2, 0) is 4.74 Å². The first-order chi connectivity index (χ1) is 20.2. The highest BCUT2D eigenvalue weighted by Gasteiger charge is 2.29. The van der Waals surface area contributed by atoms with Crippen LogP contribution < -0.4 is 20.9 Å². The molecule has 1 aromatic carbocycles. The number of ether oxygens (including phenoxy) is 1. The third-order valence-corrected chi connectivity index (χ3v) is 7.81. The lowest BCUT2D eigenvalue weighted by molar-refractivity contribution is 0.0491. The summed E-state index contributed by atoms with van der Waals surface area (Å²) in [6.45, 7) is 19.8. The lowest BCUT2D eigenvalue weighted by Crippen LogP contribution is -2.45. The number of anilines is 1. The fourth-order valence-electron chi connectivity index (χ4n) is 5.75.